The van der Waals surface area contributed by atoms with Crippen molar-refractivity contribution in [2.24, 2.45) is 0 Å². The average molecular weight is 336 g/mol. The molecule has 0 aliphatic carbocycles. The van der Waals surface area contributed by atoms with Crippen LogP contribution in [0.4, 0.5) is 5.69 Å². The van der Waals surface area contributed by atoms with Gasteiger partial charge in [-0.1, -0.05) is 6.07 Å². The van der Waals surface area contributed by atoms with Crippen molar-refractivity contribution in [1.82, 2.24) is 10.2 Å². The van der Waals surface area contributed by atoms with Gasteiger partial charge in [-0.15, -0.1) is 24.8 Å². The first-order chi connectivity index (χ1) is 9.19. The molecule has 1 heterocycles. The van der Waals surface area contributed by atoms with Gasteiger partial charge in [0.1, 0.15) is 5.75 Å². The number of benzene rings is 1. The van der Waals surface area contributed by atoms with E-state index < -0.39 is 0 Å². The number of aryl methyl sites for hydroxylation is 1. The number of hydrogen-bond acceptors (Lipinski definition) is 4. The Morgan fingerprint density at radius 2 is 2.00 bits per heavy atom. The van der Waals surface area contributed by atoms with E-state index in [4.69, 9.17) is 4.74 Å². The number of amides is 1. The quantitative estimate of drug-likeness (QED) is 0.879. The summed E-state index contributed by atoms with van der Waals surface area (Å²) in [4.78, 5) is 14.2. The Balaban J connectivity index is 0.00000200. The lowest BCUT2D eigenvalue weighted by Crippen LogP contribution is -2.46. The highest BCUT2D eigenvalue weighted by Crippen LogP contribution is 2.25. The topological polar surface area (TPSA) is 53.6 Å². The minimum absolute atomic E-state index is 0. The standard InChI is InChI=1S/C14H21N3O2.2ClH/c1-11-3-4-13(19-2)12(9-11)16-14(18)10-17-7-5-15-6-8-17;;/h3-4,9,15H,5-8,10H2,1-2H3,(H,16,18);2*1H. The predicted molar refractivity (Wildman–Crippen MR) is 90.2 cm³/mol. The van der Waals surface area contributed by atoms with Gasteiger partial charge in [0.05, 0.1) is 19.3 Å². The van der Waals surface area contributed by atoms with Gasteiger partial charge in [-0.2, -0.15) is 0 Å². The molecular formula is C14H23Cl2N3O2. The lowest BCUT2D eigenvalue weighted by atomic mass is 10.2. The van der Waals surface area contributed by atoms with Gasteiger partial charge in [0.15, 0.2) is 0 Å². The predicted octanol–water partition coefficient (Wildman–Crippen LogP) is 1.69. The van der Waals surface area contributed by atoms with Gasteiger partial charge >= 0.3 is 0 Å². The third kappa shape index (κ3) is 6.09. The summed E-state index contributed by atoms with van der Waals surface area (Å²) in [5, 5.41) is 6.19. The van der Waals surface area contributed by atoms with Crippen LogP contribution in [0.2, 0.25) is 0 Å². The Kier molecular flexibility index (Phi) is 9.37. The Bertz CT molecular complexity index is 452. The number of rotatable bonds is 4. The Labute approximate surface area is 138 Å². The molecule has 0 unspecified atom stereocenters. The lowest BCUT2D eigenvalue weighted by Gasteiger charge is -2.26. The highest BCUT2D eigenvalue weighted by molar-refractivity contribution is 5.93. The van der Waals surface area contributed by atoms with E-state index in [1.807, 2.05) is 25.1 Å². The fourth-order valence-corrected chi connectivity index (χ4v) is 2.18. The number of anilines is 1. The maximum Gasteiger partial charge on any atom is 0.238 e. The lowest BCUT2D eigenvalue weighted by molar-refractivity contribution is -0.117. The summed E-state index contributed by atoms with van der Waals surface area (Å²) in [5.41, 5.74) is 1.83. The number of carbonyl (C=O) groups excluding carboxylic acids is 1. The number of hydrogen-bond donors (Lipinski definition) is 2. The van der Waals surface area contributed by atoms with Crippen LogP contribution in [0.15, 0.2) is 18.2 Å². The van der Waals surface area contributed by atoms with Crippen molar-refractivity contribution in [2.45, 2.75) is 6.92 Å². The molecule has 1 saturated heterocycles. The van der Waals surface area contributed by atoms with Crippen molar-refractivity contribution in [3.05, 3.63) is 23.8 Å². The molecule has 0 aromatic heterocycles. The van der Waals surface area contributed by atoms with E-state index in [9.17, 15) is 4.79 Å². The van der Waals surface area contributed by atoms with Crippen LogP contribution >= 0.6 is 24.8 Å². The maximum absolute atomic E-state index is 12.0. The maximum atomic E-state index is 12.0. The summed E-state index contributed by atoms with van der Waals surface area (Å²) in [7, 11) is 1.61. The second kappa shape index (κ2) is 9.84. The van der Waals surface area contributed by atoms with Crippen molar-refractivity contribution in [2.75, 3.05) is 45.2 Å². The summed E-state index contributed by atoms with van der Waals surface area (Å²) < 4.78 is 5.25. The smallest absolute Gasteiger partial charge is 0.238 e. The van der Waals surface area contributed by atoms with Gasteiger partial charge in [0.2, 0.25) is 5.91 Å². The number of piperazine rings is 1. The zero-order valence-electron chi connectivity index (χ0n) is 12.3. The second-order valence-corrected chi connectivity index (χ2v) is 4.78. The molecular weight excluding hydrogens is 313 g/mol. The molecule has 1 aliphatic rings. The number of methoxy groups -OCH3 is 1. The fraction of sp³-hybridized carbons (Fsp3) is 0.500. The largest absolute Gasteiger partial charge is 0.495 e. The molecule has 2 rings (SSSR count). The highest BCUT2D eigenvalue weighted by Gasteiger charge is 2.14. The van der Waals surface area contributed by atoms with Crippen molar-refractivity contribution in [1.29, 1.82) is 0 Å². The second-order valence-electron chi connectivity index (χ2n) is 4.78. The van der Waals surface area contributed by atoms with Crippen molar-refractivity contribution in [3.8, 4) is 5.75 Å². The van der Waals surface area contributed by atoms with E-state index in [0.29, 0.717) is 12.3 Å². The summed E-state index contributed by atoms with van der Waals surface area (Å²) in [6.07, 6.45) is 0. The van der Waals surface area contributed by atoms with Gasteiger partial charge in [-0.25, -0.2) is 0 Å². The van der Waals surface area contributed by atoms with Crippen LogP contribution in [0, 0.1) is 6.92 Å². The Morgan fingerprint density at radius 3 is 2.62 bits per heavy atom. The first kappa shape index (κ1) is 20.0. The number of nitrogens with one attached hydrogen (secondary N) is 2. The van der Waals surface area contributed by atoms with E-state index in [-0.39, 0.29) is 30.7 Å². The molecule has 0 saturated carbocycles. The monoisotopic (exact) mass is 335 g/mol. The van der Waals surface area contributed by atoms with Gasteiger partial charge in [0.25, 0.3) is 0 Å². The zero-order chi connectivity index (χ0) is 13.7. The fourth-order valence-electron chi connectivity index (χ4n) is 2.18. The molecule has 0 atom stereocenters. The summed E-state index contributed by atoms with van der Waals surface area (Å²) in [6.45, 7) is 6.14. The van der Waals surface area contributed by atoms with E-state index in [1.165, 1.54) is 0 Å². The van der Waals surface area contributed by atoms with Crippen molar-refractivity contribution in [3.63, 3.8) is 0 Å². The molecule has 1 amide bonds. The SMILES string of the molecule is COc1ccc(C)cc1NC(=O)CN1CCNCC1.Cl.Cl. The summed E-state index contributed by atoms with van der Waals surface area (Å²) >= 11 is 0. The minimum atomic E-state index is 0. The molecule has 1 fully saturated rings. The van der Waals surface area contributed by atoms with Gasteiger partial charge in [0, 0.05) is 26.2 Å². The number of halogens is 2. The molecule has 1 aromatic carbocycles. The third-order valence-corrected chi connectivity index (χ3v) is 3.21. The van der Waals surface area contributed by atoms with Crippen LogP contribution in [0.25, 0.3) is 0 Å². The van der Waals surface area contributed by atoms with Crippen molar-refractivity contribution >= 4 is 36.4 Å². The van der Waals surface area contributed by atoms with Crippen molar-refractivity contribution < 1.29 is 9.53 Å². The molecule has 0 bridgehead atoms. The van der Waals surface area contributed by atoms with E-state index >= 15 is 0 Å². The molecule has 21 heavy (non-hydrogen) atoms. The van der Waals surface area contributed by atoms with Gasteiger partial charge < -0.3 is 15.4 Å². The van der Waals surface area contributed by atoms with Crippen LogP contribution in [-0.4, -0.2) is 50.6 Å². The average Bonchev–Trinajstić information content (AvgIpc) is 2.40. The minimum Gasteiger partial charge on any atom is -0.495 e. The molecule has 120 valence electrons. The Hall–Kier alpha value is -1.01. The van der Waals surface area contributed by atoms with Gasteiger partial charge in [-0.3, -0.25) is 9.69 Å². The van der Waals surface area contributed by atoms with E-state index in [0.717, 1.165) is 37.4 Å². The summed E-state index contributed by atoms with van der Waals surface area (Å²) in [5.74, 6) is 0.699. The zero-order valence-corrected chi connectivity index (χ0v) is 14.0. The summed E-state index contributed by atoms with van der Waals surface area (Å²) in [6, 6.07) is 5.76. The molecule has 1 aromatic rings. The normalized spacial score (nSPS) is 14.6. The molecule has 0 radical (unpaired) electrons. The molecule has 2 N–H and O–H groups in total. The van der Waals surface area contributed by atoms with E-state index in [1.54, 1.807) is 7.11 Å². The highest BCUT2D eigenvalue weighted by atomic mass is 35.5. The van der Waals surface area contributed by atoms with Gasteiger partial charge in [-0.05, 0) is 24.6 Å². The Morgan fingerprint density at radius 1 is 1.33 bits per heavy atom. The first-order valence-electron chi connectivity index (χ1n) is 6.56. The van der Waals surface area contributed by atoms with Crippen LogP contribution in [0.3, 0.4) is 0 Å². The molecule has 5 nitrogen and oxygen atoms in total. The van der Waals surface area contributed by atoms with Crippen LogP contribution in [0.1, 0.15) is 5.56 Å². The first-order valence-corrected chi connectivity index (χ1v) is 6.56. The third-order valence-electron chi connectivity index (χ3n) is 3.21. The molecule has 0 spiro atoms. The van der Waals surface area contributed by atoms with Crippen LogP contribution in [-0.2, 0) is 4.79 Å². The van der Waals surface area contributed by atoms with Crippen LogP contribution in [0.5, 0.6) is 5.75 Å². The number of nitrogens with zero attached hydrogens (tertiary/aromatic N) is 1. The number of carbonyl (C=O) groups is 1. The molecule has 1 aliphatic heterocycles. The van der Waals surface area contributed by atoms with Crippen LogP contribution < -0.4 is 15.4 Å². The molecule has 7 heteroatoms. The van der Waals surface area contributed by atoms with E-state index in [2.05, 4.69) is 15.5 Å². The number of ether oxygens (including phenoxy) is 1.